The molecule has 0 aliphatic carbocycles. The maximum Gasteiger partial charge on any atom is 0.284 e. The van der Waals surface area contributed by atoms with E-state index in [0.717, 1.165) is 26.9 Å². The van der Waals surface area contributed by atoms with Crippen LogP contribution in [0.25, 0.3) is 0 Å². The van der Waals surface area contributed by atoms with Gasteiger partial charge in [-0.05, 0) is 57.5 Å². The fraction of sp³-hybridized carbons (Fsp3) is 0.125. The van der Waals surface area contributed by atoms with Crippen molar-refractivity contribution in [3.63, 3.8) is 0 Å². The molecule has 0 spiro atoms. The highest BCUT2D eigenvalue weighted by molar-refractivity contribution is 9.10. The Morgan fingerprint density at radius 3 is 2.77 bits per heavy atom. The van der Waals surface area contributed by atoms with Crippen LogP contribution in [0.5, 0.6) is 5.75 Å². The number of hydrogen-bond acceptors (Lipinski definition) is 3. The van der Waals surface area contributed by atoms with Crippen molar-refractivity contribution in [1.82, 2.24) is 0 Å². The quantitative estimate of drug-likeness (QED) is 0.607. The molecule has 5 heteroatoms. The Kier molecular flexibility index (Phi) is 4.09. The lowest BCUT2D eigenvalue weighted by atomic mass is 10.3. The highest BCUT2D eigenvalue weighted by Gasteiger charge is 2.05. The van der Waals surface area contributed by atoms with Crippen molar-refractivity contribution in [3.05, 3.63) is 22.7 Å². The van der Waals surface area contributed by atoms with E-state index in [4.69, 9.17) is 16.3 Å². The third kappa shape index (κ3) is 3.21. The normalized spacial score (nSPS) is 9.77. The summed E-state index contributed by atoms with van der Waals surface area (Å²) in [6, 6.07) is 5.32. The van der Waals surface area contributed by atoms with E-state index in [1.54, 1.807) is 25.3 Å². The summed E-state index contributed by atoms with van der Waals surface area (Å²) in [4.78, 5) is 11.4. The van der Waals surface area contributed by atoms with Crippen molar-refractivity contribution in [1.29, 1.82) is 0 Å². The number of ether oxygens (including phenoxy) is 1. The highest BCUT2D eigenvalue weighted by atomic mass is 79.9. The lowest BCUT2D eigenvalue weighted by molar-refractivity contribution is 0.276. The van der Waals surface area contributed by atoms with Gasteiger partial charge in [-0.1, -0.05) is 0 Å². The van der Waals surface area contributed by atoms with Gasteiger partial charge in [-0.3, -0.25) is 4.79 Å². The summed E-state index contributed by atoms with van der Waals surface area (Å²) in [6.07, 6.45) is 0. The molecule has 0 aliphatic rings. The van der Waals surface area contributed by atoms with Crippen LogP contribution in [0.15, 0.2) is 27.6 Å². The Balaban J connectivity index is 2.91. The number of hydrogen-bond donors (Lipinski definition) is 0. The number of carbonyl (C=O) groups excluding carboxylic acids is 1. The SMILES string of the molecule is COc1ccc(SC(=O)Cl)c(Br)c1. The largest absolute Gasteiger partial charge is 0.497 e. The van der Waals surface area contributed by atoms with Gasteiger partial charge in [0.05, 0.1) is 7.11 Å². The predicted octanol–water partition coefficient (Wildman–Crippen LogP) is 3.91. The van der Waals surface area contributed by atoms with Crippen LogP contribution in [0.1, 0.15) is 0 Å². The second-order valence-electron chi connectivity index (χ2n) is 2.14. The summed E-state index contributed by atoms with van der Waals surface area (Å²) in [6.45, 7) is 0. The molecule has 2 nitrogen and oxygen atoms in total. The molecule has 70 valence electrons. The van der Waals surface area contributed by atoms with E-state index in [2.05, 4.69) is 15.9 Å². The van der Waals surface area contributed by atoms with Crippen LogP contribution >= 0.6 is 39.3 Å². The van der Waals surface area contributed by atoms with E-state index in [1.165, 1.54) is 0 Å². The molecule has 1 aromatic carbocycles. The zero-order valence-corrected chi connectivity index (χ0v) is 9.87. The van der Waals surface area contributed by atoms with Crippen molar-refractivity contribution in [2.75, 3.05) is 7.11 Å². The summed E-state index contributed by atoms with van der Waals surface area (Å²) >= 11 is 9.50. The topological polar surface area (TPSA) is 26.3 Å². The van der Waals surface area contributed by atoms with Gasteiger partial charge < -0.3 is 4.74 Å². The van der Waals surface area contributed by atoms with Gasteiger partial charge >= 0.3 is 0 Å². The van der Waals surface area contributed by atoms with E-state index in [9.17, 15) is 4.79 Å². The van der Waals surface area contributed by atoms with E-state index in [0.29, 0.717) is 0 Å². The van der Waals surface area contributed by atoms with E-state index in [-0.39, 0.29) is 0 Å². The molecule has 0 unspecified atom stereocenters. The van der Waals surface area contributed by atoms with Gasteiger partial charge in [0, 0.05) is 9.37 Å². The average molecular weight is 282 g/mol. The smallest absolute Gasteiger partial charge is 0.284 e. The van der Waals surface area contributed by atoms with Crippen molar-refractivity contribution < 1.29 is 9.53 Å². The van der Waals surface area contributed by atoms with Crippen LogP contribution in [0.4, 0.5) is 4.79 Å². The fourth-order valence-corrected chi connectivity index (χ4v) is 2.09. The summed E-state index contributed by atoms with van der Waals surface area (Å²) < 4.78 is 5.34. The third-order valence-electron chi connectivity index (χ3n) is 1.33. The van der Waals surface area contributed by atoms with Crippen molar-refractivity contribution in [2.24, 2.45) is 0 Å². The minimum absolute atomic E-state index is 0.453. The van der Waals surface area contributed by atoms with Gasteiger partial charge in [-0.25, -0.2) is 0 Å². The first-order valence-corrected chi connectivity index (χ1v) is 5.33. The molecular weight excluding hydrogens is 276 g/mol. The molecule has 1 aromatic rings. The first-order valence-electron chi connectivity index (χ1n) is 3.34. The summed E-state index contributed by atoms with van der Waals surface area (Å²) in [7, 11) is 1.58. The summed E-state index contributed by atoms with van der Waals surface area (Å²) in [5.74, 6) is 0.734. The Labute approximate surface area is 93.7 Å². The molecule has 0 bridgehead atoms. The van der Waals surface area contributed by atoms with Gasteiger partial charge in [-0.2, -0.15) is 0 Å². The molecule has 0 N–H and O–H groups in total. The zero-order chi connectivity index (χ0) is 9.84. The van der Waals surface area contributed by atoms with Crippen LogP contribution in [-0.4, -0.2) is 11.7 Å². The second-order valence-corrected chi connectivity index (χ2v) is 4.57. The Morgan fingerprint density at radius 2 is 2.31 bits per heavy atom. The Bertz CT molecular complexity index is 330. The van der Waals surface area contributed by atoms with Crippen LogP contribution in [-0.2, 0) is 0 Å². The zero-order valence-electron chi connectivity index (χ0n) is 6.71. The fourth-order valence-electron chi connectivity index (χ4n) is 0.778. The van der Waals surface area contributed by atoms with Crippen molar-refractivity contribution in [2.45, 2.75) is 4.90 Å². The molecular formula is C8H6BrClO2S. The number of methoxy groups -OCH3 is 1. The Morgan fingerprint density at radius 1 is 1.62 bits per heavy atom. The number of halogens is 2. The summed E-state index contributed by atoms with van der Waals surface area (Å²) in [5, 5.41) is 0. The van der Waals surface area contributed by atoms with Crippen LogP contribution < -0.4 is 4.74 Å². The van der Waals surface area contributed by atoms with E-state index < -0.39 is 4.57 Å². The minimum atomic E-state index is -0.453. The maximum absolute atomic E-state index is 10.6. The average Bonchev–Trinajstić information content (AvgIpc) is 2.08. The first kappa shape index (κ1) is 10.9. The molecule has 1 rings (SSSR count). The predicted molar refractivity (Wildman–Crippen MR) is 57.8 cm³/mol. The maximum atomic E-state index is 10.6. The number of rotatable bonds is 2. The van der Waals surface area contributed by atoms with Crippen molar-refractivity contribution >= 4 is 43.9 Å². The van der Waals surface area contributed by atoms with Crippen LogP contribution in [0.3, 0.4) is 0 Å². The Hall–Kier alpha value is -0.190. The monoisotopic (exact) mass is 280 g/mol. The van der Waals surface area contributed by atoms with Crippen LogP contribution in [0.2, 0.25) is 0 Å². The van der Waals surface area contributed by atoms with Gasteiger partial charge in [0.15, 0.2) is 0 Å². The van der Waals surface area contributed by atoms with Crippen molar-refractivity contribution in [3.8, 4) is 5.75 Å². The van der Waals surface area contributed by atoms with Gasteiger partial charge in [0.1, 0.15) is 5.75 Å². The second kappa shape index (κ2) is 4.88. The lowest BCUT2D eigenvalue weighted by Crippen LogP contribution is -1.84. The minimum Gasteiger partial charge on any atom is -0.497 e. The molecule has 13 heavy (non-hydrogen) atoms. The van der Waals surface area contributed by atoms with Gasteiger partial charge in [-0.15, -0.1) is 0 Å². The molecule has 0 radical (unpaired) electrons. The van der Waals surface area contributed by atoms with Gasteiger partial charge in [0.2, 0.25) is 0 Å². The molecule has 0 saturated carbocycles. The summed E-state index contributed by atoms with van der Waals surface area (Å²) in [5.41, 5.74) is 0. The molecule has 0 heterocycles. The third-order valence-corrected chi connectivity index (χ3v) is 3.22. The van der Waals surface area contributed by atoms with Crippen LogP contribution in [0, 0.1) is 0 Å². The lowest BCUT2D eigenvalue weighted by Gasteiger charge is -2.03. The van der Waals surface area contributed by atoms with E-state index >= 15 is 0 Å². The highest BCUT2D eigenvalue weighted by Crippen LogP contribution is 2.32. The molecule has 0 aromatic heterocycles. The molecule has 0 aliphatic heterocycles. The molecule has 0 atom stereocenters. The van der Waals surface area contributed by atoms with Gasteiger partial charge in [0.25, 0.3) is 4.57 Å². The number of carbonyl (C=O) groups is 1. The standard InChI is InChI=1S/C8H6BrClO2S/c1-12-5-2-3-7(6(9)4-5)13-8(10)11/h2-4H,1H3. The molecule has 0 amide bonds. The first-order chi connectivity index (χ1) is 6.13. The molecule has 0 fully saturated rings. The van der Waals surface area contributed by atoms with E-state index in [1.807, 2.05) is 0 Å². The number of benzene rings is 1. The molecule has 0 saturated heterocycles. The number of thioether (sulfide) groups is 1.